The predicted molar refractivity (Wildman–Crippen MR) is 183 cm³/mol. The molecule has 2 heterocycles. The van der Waals surface area contributed by atoms with Crippen molar-refractivity contribution in [1.29, 1.82) is 0 Å². The maximum Gasteiger partial charge on any atom is 0.121 e. The van der Waals surface area contributed by atoms with E-state index in [-0.39, 0.29) is 45.9 Å². The van der Waals surface area contributed by atoms with Crippen LogP contribution in [-0.2, 0) is 9.47 Å². The van der Waals surface area contributed by atoms with Crippen molar-refractivity contribution < 1.29 is 19.7 Å². The monoisotopic (exact) mass is 600 g/mol. The van der Waals surface area contributed by atoms with E-state index in [2.05, 4.69) is 148 Å². The van der Waals surface area contributed by atoms with E-state index in [9.17, 15) is 10.2 Å². The van der Waals surface area contributed by atoms with E-state index in [1.165, 1.54) is 27.9 Å². The van der Waals surface area contributed by atoms with Crippen LogP contribution < -0.4 is 0 Å². The Bertz CT molecular complexity index is 1380. The molecule has 240 valence electrons. The van der Waals surface area contributed by atoms with Crippen LogP contribution in [0.25, 0.3) is 0 Å². The zero-order chi connectivity index (χ0) is 32.6. The van der Waals surface area contributed by atoms with E-state index in [1.54, 1.807) is 0 Å². The summed E-state index contributed by atoms with van der Waals surface area (Å²) in [5, 5.41) is 20.6. The van der Waals surface area contributed by atoms with Gasteiger partial charge in [-0.15, -0.1) is 0 Å². The van der Waals surface area contributed by atoms with Gasteiger partial charge in [-0.2, -0.15) is 0 Å². The van der Waals surface area contributed by atoms with E-state index in [4.69, 9.17) is 9.47 Å². The number of ether oxygens (including phenoxy) is 2. The molecule has 0 aromatic heterocycles. The third-order valence-corrected chi connectivity index (χ3v) is 10.2. The molecule has 4 rings (SSSR count). The lowest BCUT2D eigenvalue weighted by molar-refractivity contribution is -0.0683. The minimum atomic E-state index is -0.385. The molecule has 0 aromatic rings. The van der Waals surface area contributed by atoms with E-state index in [1.807, 2.05) is 0 Å². The molecule has 2 N–H and O–H groups in total. The molecule has 6 unspecified atom stereocenters. The van der Waals surface area contributed by atoms with E-state index in [0.29, 0.717) is 12.8 Å². The summed E-state index contributed by atoms with van der Waals surface area (Å²) in [6, 6.07) is 0. The molecule has 2 saturated carbocycles. The number of aliphatic hydroxyl groups is 2. The van der Waals surface area contributed by atoms with Gasteiger partial charge in [0, 0.05) is 18.3 Å². The highest BCUT2D eigenvalue weighted by atomic mass is 16.6. The molecule has 2 aliphatic carbocycles. The first-order valence-corrected chi connectivity index (χ1v) is 16.3. The van der Waals surface area contributed by atoms with Crippen molar-refractivity contribution in [3.63, 3.8) is 0 Å². The van der Waals surface area contributed by atoms with E-state index >= 15 is 0 Å². The molecule has 0 spiro atoms. The standard InChI is InChI=1S/C40H56O4/c1-28(17-13-18-30(3)21-22-40-37(7,8)25-33(42)27-39(40,10)44-40)15-11-12-16-29(2)19-14-20-31(4)34-23-35-36(5,6)24-32(41)26-38(35,9)43-34/h11-23,32-34,41-42H,24-27H2,1-10H3/b12-11+,17-13+,19-14+,22-21+,28-15+,29-16+,30-18+,31-20+. The van der Waals surface area contributed by atoms with E-state index < -0.39 is 0 Å². The molecule has 3 fully saturated rings. The third-order valence-electron chi connectivity index (χ3n) is 10.2. The summed E-state index contributed by atoms with van der Waals surface area (Å²) in [6.45, 7) is 21.5. The summed E-state index contributed by atoms with van der Waals surface area (Å²) in [5.74, 6) is 0. The highest BCUT2D eigenvalue weighted by Crippen LogP contribution is 2.66. The molecule has 44 heavy (non-hydrogen) atoms. The zero-order valence-corrected chi connectivity index (χ0v) is 28.8. The van der Waals surface area contributed by atoms with Crippen LogP contribution in [0.5, 0.6) is 0 Å². The molecular weight excluding hydrogens is 544 g/mol. The van der Waals surface area contributed by atoms with Crippen molar-refractivity contribution in [2.75, 3.05) is 0 Å². The van der Waals surface area contributed by atoms with Crippen molar-refractivity contribution in [3.8, 4) is 0 Å². The summed E-state index contributed by atoms with van der Waals surface area (Å²) < 4.78 is 12.7. The average molecular weight is 601 g/mol. The Kier molecular flexibility index (Phi) is 9.93. The molecule has 2 aliphatic heterocycles. The van der Waals surface area contributed by atoms with Crippen LogP contribution in [0, 0.1) is 10.8 Å². The maximum absolute atomic E-state index is 10.4. The molecule has 6 atom stereocenters. The Balaban J connectivity index is 1.27. The quantitative estimate of drug-likeness (QED) is 0.158. The lowest BCUT2D eigenvalue weighted by atomic mass is 9.63. The lowest BCUT2D eigenvalue weighted by Crippen LogP contribution is -2.46. The second kappa shape index (κ2) is 12.7. The van der Waals surface area contributed by atoms with Gasteiger partial charge in [0.1, 0.15) is 11.2 Å². The molecule has 4 nitrogen and oxygen atoms in total. The van der Waals surface area contributed by atoms with Crippen LogP contribution in [0.2, 0.25) is 0 Å². The van der Waals surface area contributed by atoms with Crippen LogP contribution in [-0.4, -0.2) is 45.3 Å². The van der Waals surface area contributed by atoms with Gasteiger partial charge in [-0.1, -0.05) is 111 Å². The van der Waals surface area contributed by atoms with Crippen LogP contribution in [0.4, 0.5) is 0 Å². The van der Waals surface area contributed by atoms with Crippen LogP contribution in [0.15, 0.2) is 107 Å². The normalized spacial score (nSPS) is 37.7. The molecule has 4 aliphatic rings. The summed E-state index contributed by atoms with van der Waals surface area (Å²) in [4.78, 5) is 0. The largest absolute Gasteiger partial charge is 0.393 e. The van der Waals surface area contributed by atoms with Gasteiger partial charge in [-0.05, 0) is 83.1 Å². The SMILES string of the molecule is CC(/C=C/C=C(C)/C=C/C12OC1(C)CC(O)CC2(C)C)=C\C=C\C=C(C)\C=C\C=C(/C)C1C=C2C(C)(C)CC(O)CC2(C)O1. The van der Waals surface area contributed by atoms with Gasteiger partial charge in [0.05, 0.1) is 23.9 Å². The number of allylic oxidation sites excluding steroid dienone is 14. The number of fused-ring (bicyclic) bond motifs is 2. The predicted octanol–water partition coefficient (Wildman–Crippen LogP) is 8.97. The number of epoxide rings is 1. The smallest absolute Gasteiger partial charge is 0.121 e. The van der Waals surface area contributed by atoms with Crippen LogP contribution in [0.1, 0.15) is 94.9 Å². The van der Waals surface area contributed by atoms with Crippen molar-refractivity contribution in [3.05, 3.63) is 107 Å². The number of aliphatic hydroxyl groups excluding tert-OH is 2. The van der Waals surface area contributed by atoms with Gasteiger partial charge in [-0.3, -0.25) is 0 Å². The maximum atomic E-state index is 10.4. The van der Waals surface area contributed by atoms with Gasteiger partial charge in [0.15, 0.2) is 0 Å². The Hall–Kier alpha value is -2.50. The highest BCUT2D eigenvalue weighted by Gasteiger charge is 2.74. The van der Waals surface area contributed by atoms with Crippen molar-refractivity contribution in [2.24, 2.45) is 10.8 Å². The van der Waals surface area contributed by atoms with E-state index in [0.717, 1.165) is 12.8 Å². The van der Waals surface area contributed by atoms with Crippen LogP contribution in [0.3, 0.4) is 0 Å². The number of rotatable bonds is 9. The lowest BCUT2D eigenvalue weighted by Gasteiger charge is -2.44. The molecule has 0 aromatic carbocycles. The fourth-order valence-corrected chi connectivity index (χ4v) is 7.95. The van der Waals surface area contributed by atoms with Gasteiger partial charge in [-0.25, -0.2) is 0 Å². The van der Waals surface area contributed by atoms with Crippen LogP contribution >= 0.6 is 0 Å². The molecule has 0 amide bonds. The Labute approximate surface area is 267 Å². The second-order valence-electron chi connectivity index (χ2n) is 15.4. The number of hydrogen-bond acceptors (Lipinski definition) is 4. The first-order chi connectivity index (χ1) is 20.4. The summed E-state index contributed by atoms with van der Waals surface area (Å²) >= 11 is 0. The molecule has 1 saturated heterocycles. The fourth-order valence-electron chi connectivity index (χ4n) is 7.95. The van der Waals surface area contributed by atoms with Gasteiger partial charge >= 0.3 is 0 Å². The summed E-state index contributed by atoms with van der Waals surface area (Å²) in [5.41, 5.74) is 4.89. The summed E-state index contributed by atoms with van der Waals surface area (Å²) in [6.07, 6.45) is 29.9. The minimum Gasteiger partial charge on any atom is -0.393 e. The highest BCUT2D eigenvalue weighted by molar-refractivity contribution is 5.38. The molecule has 4 heteroatoms. The average Bonchev–Trinajstić information content (AvgIpc) is 3.34. The fraction of sp³-hybridized carbons (Fsp3) is 0.550. The first kappa shape index (κ1) is 34.4. The van der Waals surface area contributed by atoms with Crippen molar-refractivity contribution in [2.45, 2.75) is 130 Å². The summed E-state index contributed by atoms with van der Waals surface area (Å²) in [7, 11) is 0. The van der Waals surface area contributed by atoms with Gasteiger partial charge in [0.2, 0.25) is 0 Å². The van der Waals surface area contributed by atoms with Gasteiger partial charge < -0.3 is 19.7 Å². The molecule has 0 radical (unpaired) electrons. The Morgan fingerprint density at radius 1 is 0.705 bits per heavy atom. The first-order valence-electron chi connectivity index (χ1n) is 16.3. The molecule has 0 bridgehead atoms. The molecular formula is C40H56O4. The zero-order valence-electron chi connectivity index (χ0n) is 28.8. The Morgan fingerprint density at radius 3 is 1.86 bits per heavy atom. The topological polar surface area (TPSA) is 62.2 Å². The Morgan fingerprint density at radius 2 is 1.25 bits per heavy atom. The second-order valence-corrected chi connectivity index (χ2v) is 15.4. The van der Waals surface area contributed by atoms with Crippen molar-refractivity contribution in [1.82, 2.24) is 0 Å². The minimum absolute atomic E-state index is 0.0500. The third kappa shape index (κ3) is 7.31. The number of hydrogen-bond donors (Lipinski definition) is 2. The van der Waals surface area contributed by atoms with Gasteiger partial charge in [0.25, 0.3) is 0 Å². The van der Waals surface area contributed by atoms with Crippen molar-refractivity contribution >= 4 is 0 Å².